The number of hydrogen-bond donors (Lipinski definition) is 0. The van der Waals surface area contributed by atoms with Crippen LogP contribution in [0.3, 0.4) is 0 Å². The molecule has 4 nitrogen and oxygen atoms in total. The SMILES string of the molecule is CC(C)(C)c1ccc(N(c2ccc(-c3ccc4c(c3)N(c3c(C5CCCCC5)cccc3C3CCCCC3)c3cc(C(C)(C)C)cc5c3B4c3ccc(-n4c6ccc(C(C)(C)C)cc6c6cc(C(C)(C)C)ccc64)cc3N5c3c(C4CCCCC4)cccc3C3CCCCC3)cc2)c2ccc(C(C)(C)C)cc2)cc1. The van der Waals surface area contributed by atoms with Crippen molar-refractivity contribution in [1.82, 2.24) is 4.57 Å². The van der Waals surface area contributed by atoms with Gasteiger partial charge in [0.1, 0.15) is 0 Å². The fraction of sp³-hybridized carbons (Fsp3) is 0.423. The minimum absolute atomic E-state index is 0.00931. The number of hydrogen-bond acceptors (Lipinski definition) is 3. The predicted octanol–water partition coefficient (Wildman–Crippen LogP) is 28.7. The maximum absolute atomic E-state index is 2.97. The molecule has 0 unspecified atom stereocenters. The lowest BCUT2D eigenvalue weighted by Crippen LogP contribution is -2.61. The van der Waals surface area contributed by atoms with Gasteiger partial charge in [-0.25, -0.2) is 0 Å². The summed E-state index contributed by atoms with van der Waals surface area (Å²) in [6, 6.07) is 79.6. The zero-order chi connectivity index (χ0) is 75.6. The smallest absolute Gasteiger partial charge is 0.252 e. The molecule has 109 heavy (non-hydrogen) atoms. The van der Waals surface area contributed by atoms with E-state index in [1.165, 1.54) is 245 Å². The summed E-state index contributed by atoms with van der Waals surface area (Å²) < 4.78 is 2.65. The van der Waals surface area contributed by atoms with E-state index in [2.05, 4.69) is 317 Å². The van der Waals surface area contributed by atoms with Gasteiger partial charge in [0.15, 0.2) is 0 Å². The first-order valence-electron chi connectivity index (χ1n) is 42.8. The Bertz CT molecular complexity index is 5000. The highest BCUT2D eigenvalue weighted by Crippen LogP contribution is 2.56. The molecule has 2 aliphatic heterocycles. The number of benzene rings is 10. The van der Waals surface area contributed by atoms with Crippen molar-refractivity contribution in [3.8, 4) is 16.8 Å². The standard InChI is InChI=1S/C104H121BN4/c1-100(2,3)74-45-53-80(54-46-74)106(81-55-47-75(48-56-81)101(4,5)6)79-51-42-68(43-52-79)73-44-58-89-93(62-73)108(98-83(69-30-20-16-21-31-69)38-28-39-84(98)70-32-22-17-23-33-70)95-65-78(104(13,14)15)66-96-97(95)105(89)90-59-57-82(107-91-60-49-76(102(7,8)9)63-87(91)88-64-77(103(10,11)12)50-61-92(88)107)67-94(90)109(96)99-85(71-34-24-18-25-35-71)40-29-41-86(99)72-36-26-19-27-37-72/h28-29,38-67,69-72H,16-27,30-37H2,1-15H3. The molecule has 4 aliphatic carbocycles. The molecule has 1 aromatic heterocycles. The van der Waals surface area contributed by atoms with Crippen molar-refractivity contribution in [2.75, 3.05) is 14.7 Å². The van der Waals surface area contributed by atoms with Gasteiger partial charge in [-0.15, -0.1) is 0 Å². The fourth-order valence-electron chi connectivity index (χ4n) is 20.6. The van der Waals surface area contributed by atoms with Gasteiger partial charge in [0, 0.05) is 56.3 Å². The van der Waals surface area contributed by atoms with Gasteiger partial charge >= 0.3 is 0 Å². The van der Waals surface area contributed by atoms with Crippen LogP contribution >= 0.6 is 0 Å². The molecule has 0 radical (unpaired) electrons. The first-order chi connectivity index (χ1) is 52.2. The van der Waals surface area contributed by atoms with Crippen LogP contribution in [0.15, 0.2) is 194 Å². The van der Waals surface area contributed by atoms with Crippen LogP contribution < -0.4 is 31.1 Å². The third-order valence-corrected chi connectivity index (χ3v) is 26.9. The van der Waals surface area contributed by atoms with E-state index in [1.54, 1.807) is 22.3 Å². The Morgan fingerprint density at radius 2 is 0.624 bits per heavy atom. The van der Waals surface area contributed by atoms with Gasteiger partial charge in [0.05, 0.1) is 22.4 Å². The third kappa shape index (κ3) is 13.6. The number of fused-ring (bicyclic) bond motifs is 7. The van der Waals surface area contributed by atoms with Gasteiger partial charge in [0.2, 0.25) is 0 Å². The number of aromatic nitrogens is 1. The van der Waals surface area contributed by atoms with Gasteiger partial charge in [-0.1, -0.05) is 284 Å². The molecule has 0 atom stereocenters. The van der Waals surface area contributed by atoms with Crippen LogP contribution in [0.4, 0.5) is 51.2 Å². The molecule has 5 heteroatoms. The second-order valence-corrected chi connectivity index (χ2v) is 39.5. The molecule has 560 valence electrons. The quantitative estimate of drug-likeness (QED) is 0.120. The first kappa shape index (κ1) is 73.3. The van der Waals surface area contributed by atoms with E-state index in [0.29, 0.717) is 23.7 Å². The maximum atomic E-state index is 2.97. The van der Waals surface area contributed by atoms with Gasteiger partial charge in [-0.2, -0.15) is 0 Å². The van der Waals surface area contributed by atoms with Gasteiger partial charge in [-0.05, 0) is 271 Å². The average Bonchev–Trinajstić information content (AvgIpc) is 0.817. The minimum atomic E-state index is -0.188. The van der Waals surface area contributed by atoms with E-state index < -0.39 is 0 Å². The molecule has 0 saturated heterocycles. The lowest BCUT2D eigenvalue weighted by molar-refractivity contribution is 0.436. The fourth-order valence-corrected chi connectivity index (χ4v) is 20.6. The number of para-hydroxylation sites is 2. The summed E-state index contributed by atoms with van der Waals surface area (Å²) in [6.45, 7) is 35.5. The zero-order valence-electron chi connectivity index (χ0n) is 68.8. The van der Waals surface area contributed by atoms with Gasteiger partial charge in [0.25, 0.3) is 6.71 Å². The van der Waals surface area contributed by atoms with E-state index in [4.69, 9.17) is 0 Å². The zero-order valence-corrected chi connectivity index (χ0v) is 68.8. The number of nitrogens with zero attached hydrogens (tertiary/aromatic N) is 4. The number of anilines is 9. The maximum Gasteiger partial charge on any atom is 0.252 e. The monoisotopic (exact) mass is 1440 g/mol. The van der Waals surface area contributed by atoms with Crippen LogP contribution in [-0.2, 0) is 27.1 Å². The first-order valence-corrected chi connectivity index (χ1v) is 42.8. The van der Waals surface area contributed by atoms with E-state index >= 15 is 0 Å². The molecule has 0 amide bonds. The highest BCUT2D eigenvalue weighted by molar-refractivity contribution is 7.00. The van der Waals surface area contributed by atoms with Crippen molar-refractivity contribution in [2.24, 2.45) is 0 Å². The molecule has 10 aromatic carbocycles. The van der Waals surface area contributed by atoms with Crippen molar-refractivity contribution >= 4 is 96.1 Å². The lowest BCUT2D eigenvalue weighted by atomic mass is 9.33. The Morgan fingerprint density at radius 3 is 0.991 bits per heavy atom. The van der Waals surface area contributed by atoms with Gasteiger partial charge in [-0.3, -0.25) is 0 Å². The van der Waals surface area contributed by atoms with Crippen LogP contribution in [0.5, 0.6) is 0 Å². The second-order valence-electron chi connectivity index (χ2n) is 39.5. The summed E-state index contributed by atoms with van der Waals surface area (Å²) in [7, 11) is 0. The summed E-state index contributed by atoms with van der Waals surface area (Å²) in [5.41, 5.74) is 35.3. The molecular formula is C104H121BN4. The minimum Gasteiger partial charge on any atom is -0.311 e. The molecule has 0 spiro atoms. The molecule has 0 N–H and O–H groups in total. The van der Waals surface area contributed by atoms with E-state index in [-0.39, 0.29) is 33.8 Å². The molecule has 6 aliphatic rings. The molecule has 0 bridgehead atoms. The Hall–Kier alpha value is -8.54. The second kappa shape index (κ2) is 28.3. The summed E-state index contributed by atoms with van der Waals surface area (Å²) in [4.78, 5) is 8.38. The van der Waals surface area contributed by atoms with E-state index in [1.807, 2.05) is 0 Å². The van der Waals surface area contributed by atoms with Crippen molar-refractivity contribution in [3.63, 3.8) is 0 Å². The Labute approximate surface area is 655 Å². The van der Waals surface area contributed by atoms with Crippen molar-refractivity contribution in [1.29, 1.82) is 0 Å². The van der Waals surface area contributed by atoms with Crippen LogP contribution in [-0.4, -0.2) is 11.3 Å². The summed E-state index contributed by atoms with van der Waals surface area (Å²) in [6.07, 6.45) is 25.5. The topological polar surface area (TPSA) is 14.7 Å². The predicted molar refractivity (Wildman–Crippen MR) is 472 cm³/mol. The Balaban J connectivity index is 0.946. The van der Waals surface area contributed by atoms with E-state index in [0.717, 1.165) is 17.1 Å². The van der Waals surface area contributed by atoms with Gasteiger partial charge < -0.3 is 19.3 Å². The lowest BCUT2D eigenvalue weighted by Gasteiger charge is -2.47. The van der Waals surface area contributed by atoms with Crippen LogP contribution in [0.1, 0.15) is 306 Å². The van der Waals surface area contributed by atoms with Crippen LogP contribution in [0.25, 0.3) is 38.6 Å². The summed E-state index contributed by atoms with van der Waals surface area (Å²) in [5, 5.41) is 2.66. The van der Waals surface area contributed by atoms with Crippen LogP contribution in [0, 0.1) is 0 Å². The average molecular weight is 1440 g/mol. The highest BCUT2D eigenvalue weighted by Gasteiger charge is 2.47. The normalized spacial score (nSPS) is 17.3. The van der Waals surface area contributed by atoms with Crippen molar-refractivity contribution in [2.45, 2.75) is 283 Å². The molecule has 17 rings (SSSR count). The number of rotatable bonds is 11. The third-order valence-electron chi connectivity index (χ3n) is 26.9. The molecular weight excluding hydrogens is 1320 g/mol. The van der Waals surface area contributed by atoms with Crippen molar-refractivity contribution < 1.29 is 0 Å². The largest absolute Gasteiger partial charge is 0.311 e. The summed E-state index contributed by atoms with van der Waals surface area (Å²) >= 11 is 0. The summed E-state index contributed by atoms with van der Waals surface area (Å²) in [5.74, 6) is 1.94. The Kier molecular flexibility index (Phi) is 19.1. The Morgan fingerprint density at radius 1 is 0.294 bits per heavy atom. The molecule has 11 aromatic rings. The van der Waals surface area contributed by atoms with Crippen LogP contribution in [0.2, 0.25) is 0 Å². The van der Waals surface area contributed by atoms with E-state index in [9.17, 15) is 0 Å². The van der Waals surface area contributed by atoms with Crippen molar-refractivity contribution in [3.05, 3.63) is 244 Å². The molecule has 4 fully saturated rings. The molecule has 3 heterocycles. The highest BCUT2D eigenvalue weighted by atomic mass is 15.2. The molecule has 4 saturated carbocycles.